The van der Waals surface area contributed by atoms with E-state index in [1.807, 2.05) is 66.7 Å². The van der Waals surface area contributed by atoms with E-state index >= 15 is 0 Å². The molecule has 0 aliphatic heterocycles. The highest BCUT2D eigenvalue weighted by Gasteiger charge is 2.40. The van der Waals surface area contributed by atoms with E-state index in [1.165, 1.54) is 55.3 Å². The molecule has 0 fully saturated rings. The highest BCUT2D eigenvalue weighted by molar-refractivity contribution is 6.16. The Morgan fingerprint density at radius 1 is 0.346 bits per heavy atom. The average Bonchev–Trinajstić information content (AvgIpc) is 3.77. The second kappa shape index (κ2) is 16.6. The molecule has 0 N–H and O–H groups in total. The minimum absolute atomic E-state index is 0.252. The van der Waals surface area contributed by atoms with E-state index in [1.54, 1.807) is 0 Å². The zero-order chi connectivity index (χ0) is 52.6. The van der Waals surface area contributed by atoms with Gasteiger partial charge in [-0.2, -0.15) is 10.5 Å². The van der Waals surface area contributed by atoms with Crippen molar-refractivity contribution >= 4 is 43.6 Å². The van der Waals surface area contributed by atoms with Crippen LogP contribution in [0.3, 0.4) is 0 Å². The predicted octanol–water partition coefficient (Wildman–Crippen LogP) is 17.1. The predicted molar refractivity (Wildman–Crippen MR) is 315 cm³/mol. The Kier molecular flexibility index (Phi) is 9.65. The molecule has 78 heavy (non-hydrogen) atoms. The molecule has 0 saturated heterocycles. The van der Waals surface area contributed by atoms with E-state index in [2.05, 4.69) is 195 Å². The van der Waals surface area contributed by atoms with Crippen LogP contribution in [0.15, 0.2) is 212 Å². The Labute approximate surface area is 451 Å². The van der Waals surface area contributed by atoms with Crippen LogP contribution in [0, 0.1) is 22.7 Å². The van der Waals surface area contributed by atoms with Crippen molar-refractivity contribution in [2.75, 3.05) is 0 Å². The molecule has 13 aromatic rings. The lowest BCUT2D eigenvalue weighted by atomic mass is 9.80. The molecule has 366 valence electrons. The highest BCUT2D eigenvalue weighted by atomic mass is 15.0. The molecule has 0 radical (unpaired) electrons. The number of fused-ring (bicyclic) bond motifs is 14. The number of aromatic nitrogens is 5. The van der Waals surface area contributed by atoms with Crippen LogP contribution in [0.25, 0.3) is 123 Å². The molecule has 2 aliphatic carbocycles. The normalized spacial score (nSPS) is 13.6. The van der Waals surface area contributed by atoms with Crippen molar-refractivity contribution in [2.24, 2.45) is 0 Å². The largest absolute Gasteiger partial charge is 0.309 e. The minimum atomic E-state index is -0.260. The Hall–Kier alpha value is -10.2. The lowest BCUT2D eigenvalue weighted by molar-refractivity contribution is 0.666. The molecule has 0 saturated carbocycles. The third-order valence-electron chi connectivity index (χ3n) is 16.8. The second-order valence-corrected chi connectivity index (χ2v) is 21.7. The van der Waals surface area contributed by atoms with E-state index in [0.717, 1.165) is 72.0 Å². The molecule has 0 atom stereocenters. The Morgan fingerprint density at radius 2 is 0.782 bits per heavy atom. The molecule has 15 rings (SSSR count). The molecule has 0 amide bonds. The fourth-order valence-electron chi connectivity index (χ4n) is 13.4. The van der Waals surface area contributed by atoms with Crippen molar-refractivity contribution in [3.8, 4) is 91.1 Å². The fraction of sp³-hybridized carbons (Fsp3) is 0.0845. The summed E-state index contributed by atoms with van der Waals surface area (Å²) in [4.78, 5) is 15.9. The summed E-state index contributed by atoms with van der Waals surface area (Å²) in [5, 5.41) is 26.2. The van der Waals surface area contributed by atoms with Gasteiger partial charge in [0.25, 0.3) is 0 Å². The molecule has 7 heteroatoms. The van der Waals surface area contributed by atoms with Gasteiger partial charge in [0, 0.05) is 60.2 Å². The number of nitrogens with zero attached hydrogens (tertiary/aromatic N) is 7. The summed E-state index contributed by atoms with van der Waals surface area (Å²) in [6.07, 6.45) is 0. The second-order valence-electron chi connectivity index (χ2n) is 21.7. The molecule has 0 unspecified atom stereocenters. The van der Waals surface area contributed by atoms with Gasteiger partial charge in [0.2, 0.25) is 0 Å². The van der Waals surface area contributed by atoms with E-state index in [4.69, 9.17) is 15.0 Å². The lowest BCUT2D eigenvalue weighted by Crippen LogP contribution is -2.15. The Morgan fingerprint density at radius 3 is 1.35 bits per heavy atom. The van der Waals surface area contributed by atoms with Gasteiger partial charge in [0.05, 0.1) is 50.6 Å². The van der Waals surface area contributed by atoms with E-state index in [-0.39, 0.29) is 10.8 Å². The topological polar surface area (TPSA) is 96.1 Å². The quantitative estimate of drug-likeness (QED) is 0.165. The van der Waals surface area contributed by atoms with Crippen LogP contribution in [-0.2, 0) is 10.8 Å². The number of para-hydroxylation sites is 2. The van der Waals surface area contributed by atoms with Gasteiger partial charge < -0.3 is 9.13 Å². The summed E-state index contributed by atoms with van der Waals surface area (Å²) in [5.41, 5.74) is 20.7. The van der Waals surface area contributed by atoms with Gasteiger partial charge >= 0.3 is 0 Å². The van der Waals surface area contributed by atoms with Gasteiger partial charge in [-0.1, -0.05) is 185 Å². The Balaban J connectivity index is 0.963. The van der Waals surface area contributed by atoms with Gasteiger partial charge in [-0.05, 0) is 99.1 Å². The van der Waals surface area contributed by atoms with Crippen LogP contribution in [0.4, 0.5) is 0 Å². The van der Waals surface area contributed by atoms with E-state index < -0.39 is 0 Å². The van der Waals surface area contributed by atoms with Crippen molar-refractivity contribution in [3.63, 3.8) is 0 Å². The van der Waals surface area contributed by atoms with Crippen LogP contribution >= 0.6 is 0 Å². The molecule has 10 aromatic carbocycles. The lowest BCUT2D eigenvalue weighted by Gasteiger charge is -2.23. The maximum absolute atomic E-state index is 10.9. The minimum Gasteiger partial charge on any atom is -0.309 e. The van der Waals surface area contributed by atoms with Crippen LogP contribution in [0.5, 0.6) is 0 Å². The molecule has 3 heterocycles. The van der Waals surface area contributed by atoms with Crippen LogP contribution < -0.4 is 0 Å². The SMILES string of the molecule is CC1(C)c2ccccc2-c2ccc3c(c21)c1ccccc1n3-c1cc(-c2nc(-c3ccccc3)nc(-c3ccc(-c4ccccc4C#N)c(-n4c5ccccc5c5c6c(ccc54)-c4ccccc4C6(C)C)c3)n2)ccc1C#N. The number of hydrogen-bond donors (Lipinski definition) is 0. The van der Waals surface area contributed by atoms with Gasteiger partial charge in [-0.15, -0.1) is 0 Å². The first kappa shape index (κ1) is 45.2. The average molecular weight is 998 g/mol. The number of benzene rings is 10. The van der Waals surface area contributed by atoms with Gasteiger partial charge in [-0.25, -0.2) is 15.0 Å². The summed E-state index contributed by atoms with van der Waals surface area (Å²) in [6, 6.07) is 78.9. The zero-order valence-corrected chi connectivity index (χ0v) is 43.3. The zero-order valence-electron chi connectivity index (χ0n) is 43.3. The van der Waals surface area contributed by atoms with Crippen molar-refractivity contribution < 1.29 is 0 Å². The smallest absolute Gasteiger partial charge is 0.164 e. The molecule has 0 spiro atoms. The van der Waals surface area contributed by atoms with Crippen molar-refractivity contribution in [1.29, 1.82) is 10.5 Å². The summed E-state index contributed by atoms with van der Waals surface area (Å²) in [5.74, 6) is 1.47. The van der Waals surface area contributed by atoms with E-state index in [9.17, 15) is 10.5 Å². The third-order valence-corrected chi connectivity index (χ3v) is 16.8. The van der Waals surface area contributed by atoms with Crippen LogP contribution in [-0.4, -0.2) is 24.1 Å². The monoisotopic (exact) mass is 997 g/mol. The number of rotatable bonds is 6. The standard InChI is InChI=1S/C71H47N7/c1-70(2)55-26-14-10-22-48(55)51-34-36-59-63(65(51)70)53-24-12-16-28-57(53)77(59)61-38-43(30-31-46(61)41-73)68-74-67(42-18-6-5-7-19-42)75-69(76-68)44-32-33-50(47-21-9-8-20-45(47)40-72)62(39-44)78-58-29-17-13-25-54(58)64-60(78)37-35-52-49-23-11-15-27-56(49)71(3,4)66(52)64/h5-39H,1-4H3. The Bertz CT molecular complexity index is 4820. The van der Waals surface area contributed by atoms with E-state index in [0.29, 0.717) is 28.6 Å². The number of hydrogen-bond acceptors (Lipinski definition) is 5. The molecular weight excluding hydrogens is 951 g/mol. The first-order valence-electron chi connectivity index (χ1n) is 26.5. The van der Waals surface area contributed by atoms with Gasteiger partial charge in [0.15, 0.2) is 17.5 Å². The van der Waals surface area contributed by atoms with Crippen molar-refractivity contribution in [1.82, 2.24) is 24.1 Å². The first-order chi connectivity index (χ1) is 38.1. The molecule has 0 bridgehead atoms. The van der Waals surface area contributed by atoms with Crippen molar-refractivity contribution in [2.45, 2.75) is 38.5 Å². The maximum Gasteiger partial charge on any atom is 0.164 e. The summed E-state index contributed by atoms with van der Waals surface area (Å²) >= 11 is 0. The first-order valence-corrected chi connectivity index (χ1v) is 26.5. The van der Waals surface area contributed by atoms with Crippen LogP contribution in [0.1, 0.15) is 61.1 Å². The van der Waals surface area contributed by atoms with Crippen molar-refractivity contribution in [3.05, 3.63) is 246 Å². The molecular formula is C71H47N7. The summed E-state index contributed by atoms with van der Waals surface area (Å²) in [7, 11) is 0. The molecule has 3 aromatic heterocycles. The van der Waals surface area contributed by atoms with Crippen LogP contribution in [0.2, 0.25) is 0 Å². The van der Waals surface area contributed by atoms with Gasteiger partial charge in [-0.3, -0.25) is 0 Å². The highest BCUT2D eigenvalue weighted by Crippen LogP contribution is 2.55. The maximum atomic E-state index is 10.9. The van der Waals surface area contributed by atoms with Gasteiger partial charge in [0.1, 0.15) is 6.07 Å². The molecule has 2 aliphatic rings. The summed E-state index contributed by atoms with van der Waals surface area (Å²) < 4.78 is 4.61. The summed E-state index contributed by atoms with van der Waals surface area (Å²) in [6.45, 7) is 9.32. The number of nitriles is 2. The third kappa shape index (κ3) is 6.34. The molecule has 7 nitrogen and oxygen atoms in total. The fourth-order valence-corrected chi connectivity index (χ4v) is 13.4.